The Labute approximate surface area is 204 Å². The highest BCUT2D eigenvalue weighted by molar-refractivity contribution is 6.31. The van der Waals surface area contributed by atoms with Crippen LogP contribution in [0.15, 0.2) is 36.5 Å². The van der Waals surface area contributed by atoms with Crippen LogP contribution in [-0.4, -0.2) is 33.4 Å². The van der Waals surface area contributed by atoms with Crippen LogP contribution in [-0.2, 0) is 17.4 Å². The molecule has 2 aromatic heterocycles. The van der Waals surface area contributed by atoms with Crippen LogP contribution in [0.2, 0.25) is 5.02 Å². The lowest BCUT2D eigenvalue weighted by molar-refractivity contribution is -0.137. The smallest absolute Gasteiger partial charge is 0.355 e. The van der Waals surface area contributed by atoms with Gasteiger partial charge in [-0.3, -0.25) is 14.2 Å². The van der Waals surface area contributed by atoms with E-state index in [9.17, 15) is 31.5 Å². The number of imidazole rings is 1. The van der Waals surface area contributed by atoms with Gasteiger partial charge in [0.25, 0.3) is 5.91 Å². The van der Waals surface area contributed by atoms with E-state index in [1.54, 1.807) is 0 Å². The standard InChI is InChI=1S/C23H15ClF5N5O2/c1-30-21(36)13-8-34(22-31-16-5-9(23(27,28)29)4-15(26)19(16)33-22)20-11(13)7-17(35)32-18(20)12-6-10(25)2-3-14(12)24/h2-6,8,18H,7H2,1H3,(H,30,36)(H,31,33)(H,32,35). The molecule has 0 bridgehead atoms. The van der Waals surface area contributed by atoms with Crippen molar-refractivity contribution in [3.05, 3.63) is 81.1 Å². The van der Waals surface area contributed by atoms with Crippen molar-refractivity contribution in [3.63, 3.8) is 0 Å². The first-order valence-corrected chi connectivity index (χ1v) is 10.8. The van der Waals surface area contributed by atoms with Crippen molar-refractivity contribution < 1.29 is 31.5 Å². The minimum atomic E-state index is -4.79. The van der Waals surface area contributed by atoms with Crippen molar-refractivity contribution in [1.82, 2.24) is 25.2 Å². The van der Waals surface area contributed by atoms with Gasteiger partial charge in [0, 0.05) is 23.8 Å². The van der Waals surface area contributed by atoms with Gasteiger partial charge in [-0.25, -0.2) is 13.8 Å². The predicted octanol–water partition coefficient (Wildman–Crippen LogP) is 4.43. The van der Waals surface area contributed by atoms with E-state index in [1.807, 2.05) is 0 Å². The maximum atomic E-state index is 14.6. The predicted molar refractivity (Wildman–Crippen MR) is 119 cm³/mol. The van der Waals surface area contributed by atoms with Crippen LogP contribution in [0.5, 0.6) is 0 Å². The first-order valence-electron chi connectivity index (χ1n) is 10.4. The van der Waals surface area contributed by atoms with Crippen molar-refractivity contribution in [3.8, 4) is 5.95 Å². The highest BCUT2D eigenvalue weighted by Crippen LogP contribution is 2.38. The Hall–Kier alpha value is -3.93. The number of hydrogen-bond donors (Lipinski definition) is 3. The third-order valence-electron chi connectivity index (χ3n) is 5.90. The quantitative estimate of drug-likeness (QED) is 0.347. The van der Waals surface area contributed by atoms with Gasteiger partial charge in [0.05, 0.1) is 34.8 Å². The molecule has 36 heavy (non-hydrogen) atoms. The fourth-order valence-electron chi connectivity index (χ4n) is 4.30. The lowest BCUT2D eigenvalue weighted by Crippen LogP contribution is -2.37. The molecule has 4 aromatic rings. The number of nitrogens with one attached hydrogen (secondary N) is 3. The van der Waals surface area contributed by atoms with E-state index in [0.717, 1.165) is 12.1 Å². The molecule has 1 atom stereocenters. The van der Waals surface area contributed by atoms with E-state index < -0.39 is 41.2 Å². The third-order valence-corrected chi connectivity index (χ3v) is 6.24. The average Bonchev–Trinajstić information content (AvgIpc) is 3.41. The Balaban J connectivity index is 1.78. The summed E-state index contributed by atoms with van der Waals surface area (Å²) < 4.78 is 69.6. The molecule has 1 aliphatic rings. The summed E-state index contributed by atoms with van der Waals surface area (Å²) in [4.78, 5) is 32.0. The molecule has 13 heteroatoms. The van der Waals surface area contributed by atoms with Crippen molar-refractivity contribution in [2.75, 3.05) is 7.05 Å². The zero-order chi connectivity index (χ0) is 25.9. The lowest BCUT2D eigenvalue weighted by Gasteiger charge is -2.27. The Morgan fingerprint density at radius 1 is 1.22 bits per heavy atom. The van der Waals surface area contributed by atoms with E-state index in [0.29, 0.717) is 12.1 Å². The molecule has 0 spiro atoms. The van der Waals surface area contributed by atoms with E-state index in [4.69, 9.17) is 11.6 Å². The summed E-state index contributed by atoms with van der Waals surface area (Å²) >= 11 is 6.30. The second-order valence-corrected chi connectivity index (χ2v) is 8.52. The zero-order valence-electron chi connectivity index (χ0n) is 18.2. The Bertz CT molecular complexity index is 1560. The van der Waals surface area contributed by atoms with Gasteiger partial charge in [0.2, 0.25) is 11.9 Å². The fourth-order valence-corrected chi connectivity index (χ4v) is 4.53. The van der Waals surface area contributed by atoms with Gasteiger partial charge in [-0.05, 0) is 35.9 Å². The number of carbonyl (C=O) groups is 2. The number of rotatable bonds is 3. The Kier molecular flexibility index (Phi) is 5.51. The summed E-state index contributed by atoms with van der Waals surface area (Å²) in [6.45, 7) is 0. The van der Waals surface area contributed by atoms with Crippen LogP contribution in [0, 0.1) is 11.6 Å². The van der Waals surface area contributed by atoms with Gasteiger partial charge in [-0.1, -0.05) is 11.6 Å². The highest BCUT2D eigenvalue weighted by Gasteiger charge is 2.36. The van der Waals surface area contributed by atoms with Crippen LogP contribution < -0.4 is 10.6 Å². The van der Waals surface area contributed by atoms with E-state index in [2.05, 4.69) is 20.6 Å². The molecule has 5 rings (SSSR count). The molecule has 0 fully saturated rings. The summed E-state index contributed by atoms with van der Waals surface area (Å²) in [6, 6.07) is 3.54. The number of aromatic nitrogens is 3. The second kappa shape index (κ2) is 8.33. The molecule has 1 aliphatic heterocycles. The van der Waals surface area contributed by atoms with E-state index >= 15 is 0 Å². The lowest BCUT2D eigenvalue weighted by atomic mass is 9.93. The number of amides is 2. The molecule has 186 valence electrons. The summed E-state index contributed by atoms with van der Waals surface area (Å²) in [5.74, 6) is -2.95. The molecule has 3 heterocycles. The Morgan fingerprint density at radius 3 is 2.67 bits per heavy atom. The molecular formula is C23H15ClF5N5O2. The third kappa shape index (κ3) is 3.87. The maximum absolute atomic E-state index is 14.6. The van der Waals surface area contributed by atoms with Gasteiger partial charge >= 0.3 is 6.18 Å². The first kappa shape index (κ1) is 23.8. The SMILES string of the molecule is CNC(=O)c1cn(-c2nc3cc(C(F)(F)F)cc(F)c3[nH]2)c2c1CC(=O)NC2c1cc(F)ccc1Cl. The Morgan fingerprint density at radius 2 is 1.97 bits per heavy atom. The number of alkyl halides is 3. The minimum Gasteiger partial charge on any atom is -0.355 e. The summed E-state index contributed by atoms with van der Waals surface area (Å²) in [6.07, 6.45) is -3.69. The van der Waals surface area contributed by atoms with Crippen LogP contribution >= 0.6 is 11.6 Å². The van der Waals surface area contributed by atoms with E-state index in [-0.39, 0.29) is 50.8 Å². The molecule has 1 unspecified atom stereocenters. The molecular weight excluding hydrogens is 509 g/mol. The van der Waals surface area contributed by atoms with Crippen molar-refractivity contribution >= 4 is 34.4 Å². The van der Waals surface area contributed by atoms with Gasteiger partial charge in [0.1, 0.15) is 17.2 Å². The number of H-pyrrole nitrogens is 1. The number of carbonyl (C=O) groups excluding carboxylic acids is 2. The summed E-state index contributed by atoms with van der Waals surface area (Å²) in [7, 11) is 1.38. The van der Waals surface area contributed by atoms with Crippen LogP contribution in [0.3, 0.4) is 0 Å². The molecule has 3 N–H and O–H groups in total. The molecule has 2 amide bonds. The van der Waals surface area contributed by atoms with Crippen molar-refractivity contribution in [2.24, 2.45) is 0 Å². The molecule has 0 saturated heterocycles. The second-order valence-electron chi connectivity index (χ2n) is 8.11. The topological polar surface area (TPSA) is 91.8 Å². The number of hydrogen-bond acceptors (Lipinski definition) is 3. The maximum Gasteiger partial charge on any atom is 0.416 e. The van der Waals surface area contributed by atoms with Gasteiger partial charge in [0.15, 0.2) is 0 Å². The first-order chi connectivity index (χ1) is 17.0. The molecule has 0 saturated carbocycles. The zero-order valence-corrected chi connectivity index (χ0v) is 19.0. The monoisotopic (exact) mass is 523 g/mol. The average molecular weight is 524 g/mol. The number of aromatic amines is 1. The molecule has 0 radical (unpaired) electrons. The molecule has 7 nitrogen and oxygen atoms in total. The van der Waals surface area contributed by atoms with Crippen LogP contribution in [0.4, 0.5) is 22.0 Å². The molecule has 2 aromatic carbocycles. The van der Waals surface area contributed by atoms with Crippen LogP contribution in [0.1, 0.15) is 38.8 Å². The number of nitrogens with zero attached hydrogens (tertiary/aromatic N) is 2. The molecule has 0 aliphatic carbocycles. The minimum absolute atomic E-state index is 0.0804. The van der Waals surface area contributed by atoms with Crippen molar-refractivity contribution in [2.45, 2.75) is 18.6 Å². The normalized spacial score (nSPS) is 15.6. The summed E-state index contributed by atoms with van der Waals surface area (Å²) in [5.41, 5.74) is -1.02. The largest absolute Gasteiger partial charge is 0.416 e. The van der Waals surface area contributed by atoms with Gasteiger partial charge < -0.3 is 15.6 Å². The van der Waals surface area contributed by atoms with Gasteiger partial charge in [-0.2, -0.15) is 13.2 Å². The summed E-state index contributed by atoms with van der Waals surface area (Å²) in [5, 5.41) is 5.28. The van der Waals surface area contributed by atoms with Crippen molar-refractivity contribution in [1.29, 1.82) is 0 Å². The number of benzene rings is 2. The van der Waals surface area contributed by atoms with Crippen LogP contribution in [0.25, 0.3) is 17.0 Å². The highest BCUT2D eigenvalue weighted by atomic mass is 35.5. The fraction of sp³-hybridized carbons (Fsp3) is 0.174. The van der Waals surface area contributed by atoms with Gasteiger partial charge in [-0.15, -0.1) is 0 Å². The number of halogens is 6. The number of fused-ring (bicyclic) bond motifs is 2. The van der Waals surface area contributed by atoms with E-state index in [1.165, 1.54) is 23.9 Å².